The summed E-state index contributed by atoms with van der Waals surface area (Å²) in [4.78, 5) is 55.8. The molecule has 0 saturated carbocycles. The predicted octanol–water partition coefficient (Wildman–Crippen LogP) is 3.26. The van der Waals surface area contributed by atoms with Gasteiger partial charge in [-0.15, -0.1) is 0 Å². The van der Waals surface area contributed by atoms with E-state index in [2.05, 4.69) is 41.8 Å². The van der Waals surface area contributed by atoms with E-state index in [1.807, 2.05) is 24.3 Å². The van der Waals surface area contributed by atoms with E-state index in [1.54, 1.807) is 12.1 Å². The van der Waals surface area contributed by atoms with Gasteiger partial charge in [0.1, 0.15) is 11.6 Å². The van der Waals surface area contributed by atoms with Crippen LogP contribution in [0.2, 0.25) is 0 Å². The second-order valence-corrected chi connectivity index (χ2v) is 11.1. The fourth-order valence-electron chi connectivity index (χ4n) is 5.37. The van der Waals surface area contributed by atoms with Crippen LogP contribution < -0.4 is 0 Å². The molecule has 0 aliphatic heterocycles. The number of carboxylic acids is 5. The number of aliphatic hydroxyl groups is 1. The maximum atomic E-state index is 13.8. The maximum absolute atomic E-state index is 13.8. The average molecular weight is 664 g/mol. The summed E-state index contributed by atoms with van der Waals surface area (Å²) in [5.74, 6) is -7.01. The van der Waals surface area contributed by atoms with Crippen molar-refractivity contribution in [1.29, 1.82) is 0 Å². The van der Waals surface area contributed by atoms with E-state index >= 15 is 0 Å². The van der Waals surface area contributed by atoms with Crippen molar-refractivity contribution < 1.29 is 59.0 Å². The van der Waals surface area contributed by atoms with E-state index in [9.17, 15) is 9.50 Å². The zero-order valence-corrected chi connectivity index (χ0v) is 26.6. The number of rotatable bonds is 8. The number of H-pyrrole nitrogens is 1. The number of aromatic nitrogens is 2. The molecule has 2 unspecified atom stereocenters. The normalized spacial score (nSPS) is 16.4. The van der Waals surface area contributed by atoms with Gasteiger partial charge in [-0.25, -0.2) is 28.6 Å². The fraction of sp³-hybridized carbons (Fsp3) is 0.438. The zero-order chi connectivity index (χ0) is 35.9. The molecular weight excluding hydrogens is 621 g/mol. The van der Waals surface area contributed by atoms with E-state index in [0.717, 1.165) is 73.7 Å². The van der Waals surface area contributed by atoms with Crippen molar-refractivity contribution in [2.75, 3.05) is 20.1 Å². The van der Waals surface area contributed by atoms with Gasteiger partial charge in [0.25, 0.3) is 5.97 Å². The van der Waals surface area contributed by atoms with Gasteiger partial charge in [-0.3, -0.25) is 4.79 Å². The first-order valence-electron chi connectivity index (χ1n) is 14.6. The Morgan fingerprint density at radius 1 is 0.957 bits per heavy atom. The number of nitrogens with zero attached hydrogens (tertiary/aromatic N) is 2. The van der Waals surface area contributed by atoms with Crippen LogP contribution in [-0.4, -0.2) is 102 Å². The Hall–Kier alpha value is -4.89. The molecule has 1 aromatic heterocycles. The summed E-state index contributed by atoms with van der Waals surface area (Å²) in [5.41, 5.74) is 3.98. The summed E-state index contributed by atoms with van der Waals surface area (Å²) in [6, 6.07) is 13.2. The molecule has 0 fully saturated rings. The summed E-state index contributed by atoms with van der Waals surface area (Å²) in [6.45, 7) is 7.32. The standard InChI is InChI=1S/C26H34FN3O.2C2H2O4.C2H4O2/c1-18(2)26(21-12-11-20(27)17-19(21)10-13-24(26)31)14-16-30(3)15-6-9-25-28-22-7-4-5-8-23(22)29-25;2*3-1(4)2(5)6;1-2(3)4/h4-5,7-8,11-12,17-18,24,31H,6,9-10,13-16H2,1-3H3,(H,28,29);2*(H,3,4)(H,5,6);1H3,(H,3,4). The second-order valence-electron chi connectivity index (χ2n) is 11.1. The molecule has 2 atom stereocenters. The van der Waals surface area contributed by atoms with Gasteiger partial charge in [0.15, 0.2) is 0 Å². The number of carbonyl (C=O) groups is 5. The number of fused-ring (bicyclic) bond motifs is 2. The van der Waals surface area contributed by atoms with Crippen molar-refractivity contribution in [3.63, 3.8) is 0 Å². The number of carboxylic acid groups (broad SMARTS) is 5. The minimum atomic E-state index is -1.82. The van der Waals surface area contributed by atoms with Gasteiger partial charge in [0.05, 0.1) is 17.1 Å². The number of hydrogen-bond acceptors (Lipinski definition) is 8. The lowest BCUT2D eigenvalue weighted by Gasteiger charge is -2.47. The van der Waals surface area contributed by atoms with Gasteiger partial charge in [-0.05, 0) is 87.1 Å². The molecule has 0 bridgehead atoms. The molecule has 0 amide bonds. The third kappa shape index (κ3) is 12.8. The first-order valence-corrected chi connectivity index (χ1v) is 14.6. The van der Waals surface area contributed by atoms with Crippen molar-refractivity contribution in [1.82, 2.24) is 14.9 Å². The van der Waals surface area contributed by atoms with Gasteiger partial charge >= 0.3 is 23.9 Å². The third-order valence-corrected chi connectivity index (χ3v) is 7.55. The largest absolute Gasteiger partial charge is 0.481 e. The maximum Gasteiger partial charge on any atom is 0.414 e. The topological polar surface area (TPSA) is 239 Å². The van der Waals surface area contributed by atoms with Crippen LogP contribution in [0.4, 0.5) is 4.39 Å². The number of halogens is 1. The average Bonchev–Trinajstić information content (AvgIpc) is 3.40. The molecule has 1 aliphatic carbocycles. The second kappa shape index (κ2) is 18.9. The first kappa shape index (κ1) is 40.1. The molecule has 2 aromatic carbocycles. The van der Waals surface area contributed by atoms with Gasteiger partial charge in [0.2, 0.25) is 0 Å². The summed E-state index contributed by atoms with van der Waals surface area (Å²) in [5, 5.41) is 48.1. The Bertz CT molecular complexity index is 1440. The number of aliphatic hydroxyl groups excluding tert-OH is 1. The molecule has 1 heterocycles. The Morgan fingerprint density at radius 3 is 2.02 bits per heavy atom. The minimum absolute atomic E-state index is 0.185. The van der Waals surface area contributed by atoms with Gasteiger partial charge < -0.3 is 40.5 Å². The Balaban J connectivity index is 0.000000573. The lowest BCUT2D eigenvalue weighted by molar-refractivity contribution is -0.159. The van der Waals surface area contributed by atoms with Crippen LogP contribution in [0.1, 0.15) is 57.0 Å². The third-order valence-electron chi connectivity index (χ3n) is 7.55. The van der Waals surface area contributed by atoms with Crippen molar-refractivity contribution in [2.24, 2.45) is 5.92 Å². The van der Waals surface area contributed by atoms with Crippen molar-refractivity contribution in [2.45, 2.75) is 64.4 Å². The fourth-order valence-corrected chi connectivity index (χ4v) is 5.37. The van der Waals surface area contributed by atoms with E-state index in [1.165, 1.54) is 0 Å². The molecule has 4 rings (SSSR count). The van der Waals surface area contributed by atoms with Crippen LogP contribution >= 0.6 is 0 Å². The zero-order valence-electron chi connectivity index (χ0n) is 26.6. The van der Waals surface area contributed by atoms with Crippen LogP contribution in [0.5, 0.6) is 0 Å². The molecule has 0 saturated heterocycles. The van der Waals surface area contributed by atoms with Crippen LogP contribution in [0.3, 0.4) is 0 Å². The molecule has 0 radical (unpaired) electrons. The SMILES string of the molecule is CC(=O)O.CC(C)C1(CCN(C)CCCc2nc3ccccc3[nH]2)c2ccc(F)cc2CCC1O.O=C(O)C(=O)O.O=C(O)C(=O)O. The smallest absolute Gasteiger partial charge is 0.414 e. The van der Waals surface area contributed by atoms with Crippen molar-refractivity contribution >= 4 is 40.9 Å². The number of aryl methyl sites for hydroxylation is 2. The summed E-state index contributed by atoms with van der Waals surface area (Å²) in [7, 11) is 2.15. The highest BCUT2D eigenvalue weighted by molar-refractivity contribution is 6.27. The summed E-state index contributed by atoms with van der Waals surface area (Å²) in [6.07, 6.45) is 3.86. The molecular formula is C32H42FN3O11. The number of aliphatic carboxylic acids is 5. The molecule has 258 valence electrons. The summed E-state index contributed by atoms with van der Waals surface area (Å²) >= 11 is 0. The quantitative estimate of drug-likeness (QED) is 0.172. The van der Waals surface area contributed by atoms with Crippen LogP contribution in [0.25, 0.3) is 11.0 Å². The number of nitrogens with one attached hydrogen (secondary N) is 1. The molecule has 0 spiro atoms. The number of para-hydroxylation sites is 2. The van der Waals surface area contributed by atoms with E-state index in [-0.39, 0.29) is 17.2 Å². The number of aromatic amines is 1. The summed E-state index contributed by atoms with van der Waals surface area (Å²) < 4.78 is 13.8. The molecule has 15 heteroatoms. The van der Waals surface area contributed by atoms with E-state index in [4.69, 9.17) is 49.5 Å². The number of imidazole rings is 1. The lowest BCUT2D eigenvalue weighted by Crippen LogP contribution is -2.49. The monoisotopic (exact) mass is 663 g/mol. The van der Waals surface area contributed by atoms with Crippen molar-refractivity contribution in [3.05, 3.63) is 65.2 Å². The Labute approximate surface area is 270 Å². The van der Waals surface area contributed by atoms with Crippen molar-refractivity contribution in [3.8, 4) is 0 Å². The van der Waals surface area contributed by atoms with Crippen LogP contribution in [0, 0.1) is 11.7 Å². The number of hydrogen-bond donors (Lipinski definition) is 7. The van der Waals surface area contributed by atoms with Gasteiger partial charge in [-0.2, -0.15) is 0 Å². The van der Waals surface area contributed by atoms with Gasteiger partial charge in [-0.1, -0.05) is 32.0 Å². The van der Waals surface area contributed by atoms with Crippen LogP contribution in [0.15, 0.2) is 42.5 Å². The Morgan fingerprint density at radius 2 is 1.51 bits per heavy atom. The Kier molecular flexibility index (Phi) is 16.2. The minimum Gasteiger partial charge on any atom is -0.481 e. The highest BCUT2D eigenvalue weighted by Gasteiger charge is 2.45. The molecule has 7 N–H and O–H groups in total. The van der Waals surface area contributed by atoms with Gasteiger partial charge in [0, 0.05) is 18.8 Å². The number of benzene rings is 2. The highest BCUT2D eigenvalue weighted by atomic mass is 19.1. The molecule has 47 heavy (non-hydrogen) atoms. The molecule has 1 aliphatic rings. The van der Waals surface area contributed by atoms with E-state index in [0.29, 0.717) is 6.42 Å². The lowest BCUT2D eigenvalue weighted by atomic mass is 9.60. The molecule has 3 aromatic rings. The first-order chi connectivity index (χ1) is 21.9. The predicted molar refractivity (Wildman–Crippen MR) is 168 cm³/mol. The van der Waals surface area contributed by atoms with Crippen LogP contribution in [-0.2, 0) is 42.2 Å². The highest BCUT2D eigenvalue weighted by Crippen LogP contribution is 2.46. The molecule has 14 nitrogen and oxygen atoms in total. The van der Waals surface area contributed by atoms with E-state index < -0.39 is 36.0 Å².